The third-order valence-electron chi connectivity index (χ3n) is 4.34. The van der Waals surface area contributed by atoms with Crippen LogP contribution in [0.5, 0.6) is 0 Å². The number of rotatable bonds is 6. The summed E-state index contributed by atoms with van der Waals surface area (Å²) in [5.41, 5.74) is 1.09. The summed E-state index contributed by atoms with van der Waals surface area (Å²) in [4.78, 5) is 16.7. The van der Waals surface area contributed by atoms with Crippen molar-refractivity contribution in [1.82, 2.24) is 9.80 Å². The molecule has 1 amide bonds. The maximum absolute atomic E-state index is 12.8. The van der Waals surface area contributed by atoms with Crippen molar-refractivity contribution in [2.75, 3.05) is 19.6 Å². The Morgan fingerprint density at radius 3 is 2.75 bits per heavy atom. The lowest BCUT2D eigenvalue weighted by Crippen LogP contribution is -2.45. The average molecular weight is 328 g/mol. The molecule has 1 aromatic heterocycles. The molecule has 24 heavy (non-hydrogen) atoms. The first-order valence-electron chi connectivity index (χ1n) is 8.45. The average Bonchev–Trinajstić information content (AvgIpc) is 3.08. The Labute approximate surface area is 142 Å². The molecule has 0 saturated carbocycles. The summed E-state index contributed by atoms with van der Waals surface area (Å²) in [5, 5.41) is 9.79. The molecule has 2 heterocycles. The van der Waals surface area contributed by atoms with Gasteiger partial charge in [-0.05, 0) is 37.1 Å². The molecule has 0 unspecified atom stereocenters. The standard InChI is InChI=1S/C19H24N2O3/c22-17-8-4-10-20(13-17)15-19(23)21(14-18-9-5-11-24-18)12-16-6-2-1-3-7-16/h1-3,5-7,9,11,17,22H,4,8,10,12-15H2/t17-/m0/s1. The maximum Gasteiger partial charge on any atom is 0.237 e. The topological polar surface area (TPSA) is 56.9 Å². The highest BCUT2D eigenvalue weighted by molar-refractivity contribution is 5.78. The predicted octanol–water partition coefficient (Wildman–Crippen LogP) is 2.27. The molecule has 0 bridgehead atoms. The summed E-state index contributed by atoms with van der Waals surface area (Å²) >= 11 is 0. The molecule has 1 atom stereocenters. The van der Waals surface area contributed by atoms with Gasteiger partial charge in [-0.1, -0.05) is 30.3 Å². The molecular weight excluding hydrogens is 304 g/mol. The molecule has 3 rings (SSSR count). The van der Waals surface area contributed by atoms with Gasteiger partial charge in [-0.2, -0.15) is 0 Å². The summed E-state index contributed by atoms with van der Waals surface area (Å²) in [6.07, 6.45) is 3.07. The van der Waals surface area contributed by atoms with Crippen LogP contribution in [0, 0.1) is 0 Å². The first-order valence-corrected chi connectivity index (χ1v) is 8.45. The van der Waals surface area contributed by atoms with Crippen molar-refractivity contribution in [3.8, 4) is 0 Å². The van der Waals surface area contributed by atoms with Gasteiger partial charge in [0.1, 0.15) is 5.76 Å². The predicted molar refractivity (Wildman–Crippen MR) is 91.1 cm³/mol. The number of nitrogens with zero attached hydrogens (tertiary/aromatic N) is 2. The van der Waals surface area contributed by atoms with E-state index in [-0.39, 0.29) is 12.0 Å². The number of benzene rings is 1. The fourth-order valence-electron chi connectivity index (χ4n) is 3.09. The number of carbonyl (C=O) groups excluding carboxylic acids is 1. The number of furan rings is 1. The summed E-state index contributed by atoms with van der Waals surface area (Å²) in [6.45, 7) is 2.78. The van der Waals surface area contributed by atoms with Crippen molar-refractivity contribution in [2.45, 2.75) is 32.0 Å². The second-order valence-corrected chi connectivity index (χ2v) is 6.35. The number of amides is 1. The van der Waals surface area contributed by atoms with E-state index in [0.717, 1.165) is 30.7 Å². The first kappa shape index (κ1) is 16.7. The molecule has 1 N–H and O–H groups in total. The van der Waals surface area contributed by atoms with Gasteiger partial charge in [-0.15, -0.1) is 0 Å². The van der Waals surface area contributed by atoms with Gasteiger partial charge in [0.15, 0.2) is 0 Å². The summed E-state index contributed by atoms with van der Waals surface area (Å²) in [5.74, 6) is 0.835. The van der Waals surface area contributed by atoms with E-state index in [0.29, 0.717) is 26.2 Å². The Balaban J connectivity index is 1.67. The van der Waals surface area contributed by atoms with E-state index in [2.05, 4.69) is 0 Å². The van der Waals surface area contributed by atoms with Gasteiger partial charge in [0.2, 0.25) is 5.91 Å². The van der Waals surface area contributed by atoms with Crippen molar-refractivity contribution in [3.05, 3.63) is 60.1 Å². The molecule has 1 fully saturated rings. The minimum Gasteiger partial charge on any atom is -0.467 e. The summed E-state index contributed by atoms with van der Waals surface area (Å²) < 4.78 is 5.41. The minimum atomic E-state index is -0.320. The van der Waals surface area contributed by atoms with E-state index < -0.39 is 0 Å². The Bertz CT molecular complexity index is 627. The highest BCUT2D eigenvalue weighted by Gasteiger charge is 2.23. The number of aliphatic hydroxyl groups excluding tert-OH is 1. The van der Waals surface area contributed by atoms with Crippen molar-refractivity contribution in [1.29, 1.82) is 0 Å². The first-order chi connectivity index (χ1) is 11.7. The Morgan fingerprint density at radius 1 is 1.21 bits per heavy atom. The van der Waals surface area contributed by atoms with Crippen LogP contribution in [0.25, 0.3) is 0 Å². The van der Waals surface area contributed by atoms with E-state index in [1.807, 2.05) is 52.3 Å². The van der Waals surface area contributed by atoms with Crippen molar-refractivity contribution in [2.24, 2.45) is 0 Å². The van der Waals surface area contributed by atoms with Crippen LogP contribution in [0.2, 0.25) is 0 Å². The largest absolute Gasteiger partial charge is 0.467 e. The molecule has 5 nitrogen and oxygen atoms in total. The van der Waals surface area contributed by atoms with Gasteiger partial charge in [-0.3, -0.25) is 9.69 Å². The number of β-amino-alcohol motifs (C(OH)–C–C–N with tert-alkyl or cyclic N) is 1. The number of piperidine rings is 1. The van der Waals surface area contributed by atoms with Gasteiger partial charge >= 0.3 is 0 Å². The quantitative estimate of drug-likeness (QED) is 0.884. The maximum atomic E-state index is 12.8. The van der Waals surface area contributed by atoms with Gasteiger partial charge in [0, 0.05) is 13.1 Å². The van der Waals surface area contributed by atoms with Gasteiger partial charge in [0.05, 0.1) is 25.5 Å². The fourth-order valence-corrected chi connectivity index (χ4v) is 3.09. The highest BCUT2D eigenvalue weighted by atomic mass is 16.3. The van der Waals surface area contributed by atoms with Gasteiger partial charge in [0.25, 0.3) is 0 Å². The zero-order chi connectivity index (χ0) is 16.8. The van der Waals surface area contributed by atoms with Gasteiger partial charge < -0.3 is 14.4 Å². The lowest BCUT2D eigenvalue weighted by Gasteiger charge is -2.31. The molecular formula is C19H24N2O3. The van der Waals surface area contributed by atoms with Crippen molar-refractivity contribution in [3.63, 3.8) is 0 Å². The van der Waals surface area contributed by atoms with E-state index >= 15 is 0 Å². The lowest BCUT2D eigenvalue weighted by atomic mass is 10.1. The Hall–Kier alpha value is -2.11. The number of hydrogen-bond acceptors (Lipinski definition) is 4. The summed E-state index contributed by atoms with van der Waals surface area (Å²) in [7, 11) is 0. The van der Waals surface area contributed by atoms with Crippen LogP contribution in [-0.2, 0) is 17.9 Å². The third kappa shape index (κ3) is 4.69. The highest BCUT2D eigenvalue weighted by Crippen LogP contribution is 2.14. The van der Waals surface area contributed by atoms with Crippen molar-refractivity contribution < 1.29 is 14.3 Å². The third-order valence-corrected chi connectivity index (χ3v) is 4.34. The van der Waals surface area contributed by atoms with Gasteiger partial charge in [-0.25, -0.2) is 0 Å². The molecule has 5 heteroatoms. The molecule has 0 spiro atoms. The molecule has 1 aromatic carbocycles. The van der Waals surface area contributed by atoms with Crippen molar-refractivity contribution >= 4 is 5.91 Å². The monoisotopic (exact) mass is 328 g/mol. The van der Waals surface area contributed by atoms with Crippen LogP contribution in [-0.4, -0.2) is 46.6 Å². The Kier molecular flexibility index (Phi) is 5.67. The lowest BCUT2D eigenvalue weighted by molar-refractivity contribution is -0.134. The zero-order valence-corrected chi connectivity index (χ0v) is 13.8. The summed E-state index contributed by atoms with van der Waals surface area (Å²) in [6, 6.07) is 13.7. The van der Waals surface area contributed by atoms with E-state index in [1.54, 1.807) is 6.26 Å². The number of aliphatic hydroxyl groups is 1. The Morgan fingerprint density at radius 2 is 2.04 bits per heavy atom. The van der Waals surface area contributed by atoms with Crippen LogP contribution in [0.1, 0.15) is 24.2 Å². The second-order valence-electron chi connectivity index (χ2n) is 6.35. The van der Waals surface area contributed by atoms with E-state index in [9.17, 15) is 9.90 Å². The molecule has 1 aliphatic heterocycles. The van der Waals surface area contributed by atoms with Crippen LogP contribution in [0.4, 0.5) is 0 Å². The molecule has 1 aliphatic rings. The minimum absolute atomic E-state index is 0.0596. The molecule has 128 valence electrons. The SMILES string of the molecule is O=C(CN1CCC[C@H](O)C1)N(Cc1ccccc1)Cc1ccco1. The normalized spacial score (nSPS) is 18.5. The number of carbonyl (C=O) groups is 1. The smallest absolute Gasteiger partial charge is 0.237 e. The fraction of sp³-hybridized carbons (Fsp3) is 0.421. The van der Waals surface area contributed by atoms with E-state index in [1.165, 1.54) is 0 Å². The number of likely N-dealkylation sites (tertiary alicyclic amines) is 1. The van der Waals surface area contributed by atoms with Crippen LogP contribution < -0.4 is 0 Å². The molecule has 2 aromatic rings. The van der Waals surface area contributed by atoms with Crippen LogP contribution in [0.3, 0.4) is 0 Å². The van der Waals surface area contributed by atoms with Crippen LogP contribution >= 0.6 is 0 Å². The molecule has 1 saturated heterocycles. The van der Waals surface area contributed by atoms with E-state index in [4.69, 9.17) is 4.42 Å². The zero-order valence-electron chi connectivity index (χ0n) is 13.8. The van der Waals surface area contributed by atoms with Crippen LogP contribution in [0.15, 0.2) is 53.1 Å². The second kappa shape index (κ2) is 8.13. The molecule has 0 aliphatic carbocycles. The molecule has 0 radical (unpaired) electrons. The number of hydrogen-bond donors (Lipinski definition) is 1.